The summed E-state index contributed by atoms with van der Waals surface area (Å²) in [5.41, 5.74) is 1.15. The second kappa shape index (κ2) is 3.59. The first-order valence-corrected chi connectivity index (χ1v) is 4.30. The van der Waals surface area contributed by atoms with Gasteiger partial charge in [0, 0.05) is 18.6 Å². The molecule has 0 spiro atoms. The molecule has 0 fully saturated rings. The molecule has 2 aromatic rings. The van der Waals surface area contributed by atoms with Crippen molar-refractivity contribution in [1.82, 2.24) is 14.8 Å². The number of hydrogen-bond acceptors (Lipinski definition) is 3. The van der Waals surface area contributed by atoms with Crippen molar-refractivity contribution >= 4 is 17.9 Å². The average molecular weight is 208 g/mol. The highest BCUT2D eigenvalue weighted by Gasteiger charge is 2.04. The minimum Gasteiger partial charge on any atom is -0.298 e. The van der Waals surface area contributed by atoms with Crippen molar-refractivity contribution in [3.63, 3.8) is 0 Å². The number of hydrogen-bond donors (Lipinski definition) is 0. The van der Waals surface area contributed by atoms with E-state index in [1.165, 1.54) is 10.9 Å². The van der Waals surface area contributed by atoms with Crippen molar-refractivity contribution in [2.24, 2.45) is 0 Å². The van der Waals surface area contributed by atoms with Gasteiger partial charge in [0.05, 0.1) is 11.3 Å². The van der Waals surface area contributed by atoms with Gasteiger partial charge in [-0.2, -0.15) is 5.10 Å². The lowest BCUT2D eigenvalue weighted by molar-refractivity contribution is 0.112. The summed E-state index contributed by atoms with van der Waals surface area (Å²) in [5, 5.41) is 4.37. The summed E-state index contributed by atoms with van der Waals surface area (Å²) in [5.74, 6) is 0. The highest BCUT2D eigenvalue weighted by Crippen LogP contribution is 2.12. The van der Waals surface area contributed by atoms with Gasteiger partial charge in [-0.05, 0) is 12.1 Å². The Kier molecular flexibility index (Phi) is 2.28. The molecule has 0 N–H and O–H groups in total. The highest BCUT2D eigenvalue weighted by molar-refractivity contribution is 6.29. The van der Waals surface area contributed by atoms with Crippen LogP contribution in [0.5, 0.6) is 0 Å². The number of aromatic nitrogens is 3. The summed E-state index contributed by atoms with van der Waals surface area (Å²) < 4.78 is 1.54. The second-order valence-corrected chi connectivity index (χ2v) is 3.02. The molecular weight excluding hydrogens is 202 g/mol. The molecular formula is C9H6ClN3O. The summed E-state index contributed by atoms with van der Waals surface area (Å²) in [7, 11) is 0. The van der Waals surface area contributed by atoms with Crippen LogP contribution in [-0.4, -0.2) is 21.1 Å². The van der Waals surface area contributed by atoms with Crippen molar-refractivity contribution in [3.05, 3.63) is 41.4 Å². The van der Waals surface area contributed by atoms with Crippen molar-refractivity contribution in [2.45, 2.75) is 0 Å². The predicted molar refractivity (Wildman–Crippen MR) is 51.8 cm³/mol. The largest absolute Gasteiger partial charge is 0.298 e. The number of carbonyl (C=O) groups is 1. The molecule has 0 radical (unpaired) electrons. The Bertz CT molecular complexity index is 467. The lowest BCUT2D eigenvalue weighted by Gasteiger charge is -2.02. The molecule has 0 aliphatic heterocycles. The summed E-state index contributed by atoms with van der Waals surface area (Å²) in [6, 6.07) is 3.35. The minimum absolute atomic E-state index is 0.388. The van der Waals surface area contributed by atoms with Gasteiger partial charge in [0.1, 0.15) is 0 Å². The monoisotopic (exact) mass is 207 g/mol. The number of carbonyl (C=O) groups excluding carboxylic acids is 1. The standard InChI is InChI=1S/C9H6ClN3O/c10-9-2-4-13(12-9)8-1-3-11-5-7(8)6-14/h1-6H. The molecule has 0 saturated heterocycles. The number of pyridine rings is 1. The Balaban J connectivity index is 2.55. The zero-order chi connectivity index (χ0) is 9.97. The third kappa shape index (κ3) is 1.52. The molecule has 14 heavy (non-hydrogen) atoms. The minimum atomic E-state index is 0.388. The van der Waals surface area contributed by atoms with E-state index in [2.05, 4.69) is 10.1 Å². The van der Waals surface area contributed by atoms with Gasteiger partial charge in [-0.1, -0.05) is 11.6 Å². The van der Waals surface area contributed by atoms with Crippen molar-refractivity contribution < 1.29 is 4.79 Å². The van der Waals surface area contributed by atoms with Gasteiger partial charge in [-0.3, -0.25) is 9.78 Å². The van der Waals surface area contributed by atoms with Crippen molar-refractivity contribution in [3.8, 4) is 5.69 Å². The summed E-state index contributed by atoms with van der Waals surface area (Å²) in [6.45, 7) is 0. The van der Waals surface area contributed by atoms with E-state index in [1.807, 2.05) is 0 Å². The smallest absolute Gasteiger partial charge is 0.153 e. The van der Waals surface area contributed by atoms with E-state index in [1.54, 1.807) is 24.5 Å². The zero-order valence-electron chi connectivity index (χ0n) is 7.09. The Morgan fingerprint density at radius 3 is 2.93 bits per heavy atom. The maximum absolute atomic E-state index is 10.7. The van der Waals surface area contributed by atoms with E-state index in [9.17, 15) is 4.79 Å². The fraction of sp³-hybridized carbons (Fsp3) is 0. The van der Waals surface area contributed by atoms with E-state index in [0.717, 1.165) is 6.29 Å². The van der Waals surface area contributed by atoms with Crippen LogP contribution < -0.4 is 0 Å². The molecule has 2 heterocycles. The molecule has 0 amide bonds. The topological polar surface area (TPSA) is 47.8 Å². The molecule has 5 heteroatoms. The molecule has 2 aromatic heterocycles. The highest BCUT2D eigenvalue weighted by atomic mass is 35.5. The number of aldehydes is 1. The molecule has 70 valence electrons. The fourth-order valence-electron chi connectivity index (χ4n) is 1.13. The van der Waals surface area contributed by atoms with Crippen LogP contribution in [0.2, 0.25) is 5.15 Å². The molecule has 0 aliphatic carbocycles. The molecule has 0 atom stereocenters. The summed E-state index contributed by atoms with van der Waals surface area (Å²) in [4.78, 5) is 14.5. The zero-order valence-corrected chi connectivity index (χ0v) is 7.85. The Labute approximate surface area is 85.1 Å². The van der Waals surface area contributed by atoms with Crippen molar-refractivity contribution in [2.75, 3.05) is 0 Å². The molecule has 0 aromatic carbocycles. The lowest BCUT2D eigenvalue weighted by Crippen LogP contribution is -1.99. The van der Waals surface area contributed by atoms with Gasteiger partial charge in [-0.25, -0.2) is 4.68 Å². The lowest BCUT2D eigenvalue weighted by atomic mass is 10.2. The molecule has 0 unspecified atom stereocenters. The summed E-state index contributed by atoms with van der Waals surface area (Å²) in [6.07, 6.45) is 5.50. The normalized spacial score (nSPS) is 10.1. The molecule has 4 nitrogen and oxygen atoms in total. The van der Waals surface area contributed by atoms with Gasteiger partial charge < -0.3 is 0 Å². The maximum Gasteiger partial charge on any atom is 0.153 e. The molecule has 2 rings (SSSR count). The Hall–Kier alpha value is -1.68. The van der Waals surface area contributed by atoms with Crippen LogP contribution >= 0.6 is 11.6 Å². The van der Waals surface area contributed by atoms with Crippen molar-refractivity contribution in [1.29, 1.82) is 0 Å². The van der Waals surface area contributed by atoms with Crippen LogP contribution in [0.1, 0.15) is 10.4 Å². The van der Waals surface area contributed by atoms with E-state index in [0.29, 0.717) is 16.4 Å². The molecule has 0 bridgehead atoms. The van der Waals surface area contributed by atoms with Gasteiger partial charge >= 0.3 is 0 Å². The van der Waals surface area contributed by atoms with Crippen LogP contribution in [0, 0.1) is 0 Å². The maximum atomic E-state index is 10.7. The van der Waals surface area contributed by atoms with Crippen LogP contribution in [-0.2, 0) is 0 Å². The van der Waals surface area contributed by atoms with Gasteiger partial charge in [-0.15, -0.1) is 0 Å². The van der Waals surface area contributed by atoms with Crippen LogP contribution in [0.25, 0.3) is 5.69 Å². The van der Waals surface area contributed by atoms with E-state index in [-0.39, 0.29) is 0 Å². The Morgan fingerprint density at radius 1 is 1.43 bits per heavy atom. The first-order chi connectivity index (χ1) is 6.81. The number of nitrogens with zero attached hydrogens (tertiary/aromatic N) is 3. The van der Waals surface area contributed by atoms with Crippen LogP contribution in [0.15, 0.2) is 30.7 Å². The van der Waals surface area contributed by atoms with Gasteiger partial charge in [0.25, 0.3) is 0 Å². The van der Waals surface area contributed by atoms with Crippen LogP contribution in [0.3, 0.4) is 0 Å². The second-order valence-electron chi connectivity index (χ2n) is 2.64. The molecule has 0 aliphatic rings. The third-order valence-electron chi connectivity index (χ3n) is 1.76. The van der Waals surface area contributed by atoms with E-state index >= 15 is 0 Å². The number of rotatable bonds is 2. The number of halogens is 1. The summed E-state index contributed by atoms with van der Waals surface area (Å²) >= 11 is 5.67. The molecule has 0 saturated carbocycles. The first kappa shape index (κ1) is 8.90. The average Bonchev–Trinajstić information content (AvgIpc) is 2.65. The Morgan fingerprint density at radius 2 is 2.29 bits per heavy atom. The van der Waals surface area contributed by atoms with Crippen LogP contribution in [0.4, 0.5) is 0 Å². The quantitative estimate of drug-likeness (QED) is 0.705. The van der Waals surface area contributed by atoms with E-state index in [4.69, 9.17) is 11.6 Å². The first-order valence-electron chi connectivity index (χ1n) is 3.92. The van der Waals surface area contributed by atoms with Gasteiger partial charge in [0.15, 0.2) is 11.4 Å². The third-order valence-corrected chi connectivity index (χ3v) is 1.96. The van der Waals surface area contributed by atoms with E-state index < -0.39 is 0 Å². The SMILES string of the molecule is O=Cc1cnccc1-n1ccc(Cl)n1. The fourth-order valence-corrected chi connectivity index (χ4v) is 1.27. The van der Waals surface area contributed by atoms with Gasteiger partial charge in [0.2, 0.25) is 0 Å². The predicted octanol–water partition coefficient (Wildman–Crippen LogP) is 1.73.